The fraction of sp³-hybridized carbons (Fsp3) is 0.500. The number of rotatable bonds is 5. The van der Waals surface area contributed by atoms with Crippen molar-refractivity contribution in [2.24, 2.45) is 5.92 Å². The second-order valence-corrected chi connectivity index (χ2v) is 7.70. The molecule has 136 valence electrons. The van der Waals surface area contributed by atoms with Gasteiger partial charge in [-0.1, -0.05) is 24.3 Å². The first-order valence-corrected chi connectivity index (χ1v) is 9.88. The van der Waals surface area contributed by atoms with Crippen LogP contribution < -0.4 is 5.32 Å². The quantitative estimate of drug-likeness (QED) is 0.902. The minimum atomic E-state index is 0.150. The molecule has 4 rings (SSSR count). The van der Waals surface area contributed by atoms with Gasteiger partial charge in [-0.05, 0) is 68.1 Å². The van der Waals surface area contributed by atoms with E-state index in [1.807, 2.05) is 0 Å². The number of amides is 1. The van der Waals surface area contributed by atoms with Gasteiger partial charge in [0.2, 0.25) is 5.91 Å². The van der Waals surface area contributed by atoms with Crippen LogP contribution in [0.5, 0.6) is 0 Å². The van der Waals surface area contributed by atoms with Crippen molar-refractivity contribution in [1.82, 2.24) is 15.3 Å². The molecule has 0 atom stereocenters. The maximum atomic E-state index is 12.3. The van der Waals surface area contributed by atoms with Gasteiger partial charge in [-0.2, -0.15) is 0 Å². The molecule has 0 fully saturated rings. The van der Waals surface area contributed by atoms with Gasteiger partial charge >= 0.3 is 0 Å². The van der Waals surface area contributed by atoms with Gasteiger partial charge < -0.3 is 5.32 Å². The molecule has 0 aliphatic heterocycles. The molecule has 2 aromatic rings. The molecule has 0 saturated heterocycles. The number of fused-ring (bicyclic) bond motifs is 2. The molecule has 0 saturated carbocycles. The van der Waals surface area contributed by atoms with Gasteiger partial charge in [-0.25, -0.2) is 9.97 Å². The van der Waals surface area contributed by atoms with E-state index in [9.17, 15) is 4.79 Å². The Hall–Kier alpha value is -2.23. The van der Waals surface area contributed by atoms with E-state index in [-0.39, 0.29) is 5.91 Å². The van der Waals surface area contributed by atoms with Gasteiger partial charge in [0.15, 0.2) is 0 Å². The van der Waals surface area contributed by atoms with Crippen LogP contribution in [0.3, 0.4) is 0 Å². The summed E-state index contributed by atoms with van der Waals surface area (Å²) in [7, 11) is 0. The highest BCUT2D eigenvalue weighted by Gasteiger charge is 2.23. The first-order chi connectivity index (χ1) is 12.7. The minimum absolute atomic E-state index is 0.150. The number of nitrogens with one attached hydrogen (secondary N) is 1. The first-order valence-electron chi connectivity index (χ1n) is 9.88. The second-order valence-electron chi connectivity index (χ2n) is 7.70. The Morgan fingerprint density at radius 1 is 1.12 bits per heavy atom. The summed E-state index contributed by atoms with van der Waals surface area (Å²) in [6, 6.07) is 8.54. The summed E-state index contributed by atoms with van der Waals surface area (Å²) in [6.45, 7) is 2.71. The van der Waals surface area contributed by atoms with Gasteiger partial charge in [-0.3, -0.25) is 4.79 Å². The van der Waals surface area contributed by atoms with Crippen LogP contribution in [-0.2, 0) is 36.9 Å². The van der Waals surface area contributed by atoms with Crippen molar-refractivity contribution in [3.63, 3.8) is 0 Å². The summed E-state index contributed by atoms with van der Waals surface area (Å²) in [5, 5.41) is 3.07. The molecular weight excluding hydrogens is 322 g/mol. The molecule has 2 aliphatic carbocycles. The molecule has 0 bridgehead atoms. The van der Waals surface area contributed by atoms with E-state index < -0.39 is 0 Å². The summed E-state index contributed by atoms with van der Waals surface area (Å²) >= 11 is 0. The monoisotopic (exact) mass is 349 g/mol. The zero-order valence-electron chi connectivity index (χ0n) is 15.6. The van der Waals surface area contributed by atoms with Crippen molar-refractivity contribution in [1.29, 1.82) is 0 Å². The Balaban J connectivity index is 1.26. The van der Waals surface area contributed by atoms with Gasteiger partial charge in [0.25, 0.3) is 0 Å². The lowest BCUT2D eigenvalue weighted by molar-refractivity contribution is -0.121. The van der Waals surface area contributed by atoms with Gasteiger partial charge in [0, 0.05) is 30.8 Å². The fourth-order valence-corrected chi connectivity index (χ4v) is 4.40. The van der Waals surface area contributed by atoms with Crippen LogP contribution in [0.15, 0.2) is 24.3 Å². The van der Waals surface area contributed by atoms with Crippen molar-refractivity contribution < 1.29 is 4.79 Å². The van der Waals surface area contributed by atoms with Crippen LogP contribution in [0, 0.1) is 12.8 Å². The third-order valence-electron chi connectivity index (χ3n) is 5.72. The highest BCUT2D eigenvalue weighted by Crippen LogP contribution is 2.28. The lowest BCUT2D eigenvalue weighted by Crippen LogP contribution is -2.28. The first kappa shape index (κ1) is 17.2. The zero-order chi connectivity index (χ0) is 17.9. The molecule has 1 heterocycles. The molecular formula is C22H27N3O. The van der Waals surface area contributed by atoms with E-state index in [1.54, 1.807) is 0 Å². The zero-order valence-corrected chi connectivity index (χ0v) is 15.6. The minimum Gasteiger partial charge on any atom is -0.356 e. The van der Waals surface area contributed by atoms with Gasteiger partial charge in [0.05, 0.1) is 0 Å². The normalized spacial score (nSPS) is 16.2. The number of benzene rings is 1. The number of carbonyl (C=O) groups excluding carboxylic acids is 1. The number of hydrogen-bond acceptors (Lipinski definition) is 3. The van der Waals surface area contributed by atoms with Crippen LogP contribution in [0.1, 0.15) is 53.2 Å². The van der Waals surface area contributed by atoms with E-state index in [0.717, 1.165) is 37.2 Å². The molecule has 4 heteroatoms. The molecule has 1 aromatic carbocycles. The summed E-state index contributed by atoms with van der Waals surface area (Å²) < 4.78 is 0. The Kier molecular flexibility index (Phi) is 5.00. The van der Waals surface area contributed by atoms with Crippen molar-refractivity contribution in [2.75, 3.05) is 6.54 Å². The predicted octanol–water partition coefficient (Wildman–Crippen LogP) is 3.13. The standard InChI is InChI=1S/C22H27N3O/c1-15-19-8-4-5-9-20(19)25-21(24-15)10-11-23-22(26)14-16-12-17-6-2-3-7-18(17)13-16/h2-3,6-7,16H,4-5,8-14H2,1H3,(H,23,26). The van der Waals surface area contributed by atoms with Gasteiger partial charge in [0.1, 0.15) is 5.82 Å². The molecule has 0 radical (unpaired) electrons. The third-order valence-corrected chi connectivity index (χ3v) is 5.72. The largest absolute Gasteiger partial charge is 0.356 e. The molecule has 1 N–H and O–H groups in total. The van der Waals surface area contributed by atoms with Crippen LogP contribution in [-0.4, -0.2) is 22.4 Å². The van der Waals surface area contributed by atoms with Crippen molar-refractivity contribution in [2.45, 2.75) is 58.3 Å². The van der Waals surface area contributed by atoms with Gasteiger partial charge in [-0.15, -0.1) is 0 Å². The van der Waals surface area contributed by atoms with Crippen LogP contribution in [0.2, 0.25) is 0 Å². The van der Waals surface area contributed by atoms with E-state index >= 15 is 0 Å². The highest BCUT2D eigenvalue weighted by molar-refractivity contribution is 5.76. The maximum Gasteiger partial charge on any atom is 0.220 e. The predicted molar refractivity (Wildman–Crippen MR) is 102 cm³/mol. The van der Waals surface area contributed by atoms with Crippen molar-refractivity contribution in [3.05, 3.63) is 58.2 Å². The number of nitrogens with zero attached hydrogens (tertiary/aromatic N) is 2. The van der Waals surface area contributed by atoms with E-state index in [4.69, 9.17) is 4.98 Å². The van der Waals surface area contributed by atoms with Crippen LogP contribution in [0.4, 0.5) is 0 Å². The molecule has 2 aliphatic rings. The molecule has 4 nitrogen and oxygen atoms in total. The molecule has 1 aromatic heterocycles. The summed E-state index contributed by atoms with van der Waals surface area (Å²) in [5.41, 5.74) is 6.52. The number of hydrogen-bond donors (Lipinski definition) is 1. The number of aryl methyl sites for hydroxylation is 2. The topological polar surface area (TPSA) is 54.9 Å². The SMILES string of the molecule is Cc1nc(CCNC(=O)CC2Cc3ccccc3C2)nc2c1CCCC2. The number of carbonyl (C=O) groups is 1. The second kappa shape index (κ2) is 7.56. The molecule has 26 heavy (non-hydrogen) atoms. The summed E-state index contributed by atoms with van der Waals surface area (Å²) in [4.78, 5) is 21.7. The molecule has 0 spiro atoms. The van der Waals surface area contributed by atoms with Crippen molar-refractivity contribution in [3.8, 4) is 0 Å². The Morgan fingerprint density at radius 3 is 2.62 bits per heavy atom. The smallest absolute Gasteiger partial charge is 0.220 e. The van der Waals surface area contributed by atoms with E-state index in [1.165, 1.54) is 35.2 Å². The average molecular weight is 349 g/mol. The summed E-state index contributed by atoms with van der Waals surface area (Å²) in [6.07, 6.45) is 8.03. The maximum absolute atomic E-state index is 12.3. The van der Waals surface area contributed by atoms with Crippen molar-refractivity contribution >= 4 is 5.91 Å². The Labute approximate surface area is 155 Å². The fourth-order valence-electron chi connectivity index (χ4n) is 4.40. The number of aromatic nitrogens is 2. The third kappa shape index (κ3) is 3.79. The van der Waals surface area contributed by atoms with Crippen LogP contribution in [0.25, 0.3) is 0 Å². The van der Waals surface area contributed by atoms with E-state index in [0.29, 0.717) is 25.3 Å². The van der Waals surface area contributed by atoms with Crippen LogP contribution >= 0.6 is 0 Å². The highest BCUT2D eigenvalue weighted by atomic mass is 16.1. The lowest BCUT2D eigenvalue weighted by Gasteiger charge is -2.17. The molecule has 1 amide bonds. The lowest BCUT2D eigenvalue weighted by atomic mass is 9.95. The van der Waals surface area contributed by atoms with E-state index in [2.05, 4.69) is 41.5 Å². The Morgan fingerprint density at radius 2 is 1.85 bits per heavy atom. The Bertz CT molecular complexity index is 790. The summed E-state index contributed by atoms with van der Waals surface area (Å²) in [5.74, 6) is 1.46. The molecule has 0 unspecified atom stereocenters. The average Bonchev–Trinajstić information content (AvgIpc) is 3.04.